The van der Waals surface area contributed by atoms with E-state index in [1.54, 1.807) is 0 Å². The lowest BCUT2D eigenvalue weighted by atomic mass is 9.98. The van der Waals surface area contributed by atoms with Crippen LogP contribution in [0.1, 0.15) is 55.6 Å². The van der Waals surface area contributed by atoms with Crippen molar-refractivity contribution in [2.24, 2.45) is 5.92 Å². The van der Waals surface area contributed by atoms with Crippen LogP contribution >= 0.6 is 11.3 Å². The van der Waals surface area contributed by atoms with Crippen LogP contribution in [0.2, 0.25) is 0 Å². The van der Waals surface area contributed by atoms with Crippen molar-refractivity contribution in [1.29, 1.82) is 0 Å². The first-order valence-corrected chi connectivity index (χ1v) is 9.36. The molecule has 126 valence electrons. The van der Waals surface area contributed by atoms with Crippen LogP contribution in [0.4, 0.5) is 0 Å². The summed E-state index contributed by atoms with van der Waals surface area (Å²) in [6.07, 6.45) is 5.23. The molecule has 3 rings (SSSR count). The number of rotatable bonds is 5. The molecule has 3 heterocycles. The Morgan fingerprint density at radius 3 is 2.87 bits per heavy atom. The summed E-state index contributed by atoms with van der Waals surface area (Å²) >= 11 is 1.82. The molecule has 0 aliphatic carbocycles. The van der Waals surface area contributed by atoms with Crippen molar-refractivity contribution in [2.75, 3.05) is 6.54 Å². The topological polar surface area (TPSA) is 55.6 Å². The average molecular weight is 334 g/mol. The molecule has 2 aromatic rings. The predicted molar refractivity (Wildman–Crippen MR) is 93.7 cm³/mol. The number of hydrogen-bond acceptors (Lipinski definition) is 5. The molecular formula is C17H27N5S. The van der Waals surface area contributed by atoms with Crippen molar-refractivity contribution in [3.05, 3.63) is 27.7 Å². The smallest absolute Gasteiger partial charge is 0.133 e. The summed E-state index contributed by atoms with van der Waals surface area (Å²) in [4.78, 5) is 5.88. The van der Waals surface area contributed by atoms with E-state index in [1.807, 2.05) is 17.5 Å². The van der Waals surface area contributed by atoms with Gasteiger partial charge in [0, 0.05) is 49.0 Å². The number of aromatic nitrogens is 4. The Kier molecular flexibility index (Phi) is 4.82. The fourth-order valence-corrected chi connectivity index (χ4v) is 3.95. The van der Waals surface area contributed by atoms with E-state index in [9.17, 15) is 0 Å². The molecule has 1 atom stereocenters. The van der Waals surface area contributed by atoms with Gasteiger partial charge < -0.3 is 9.88 Å². The lowest BCUT2D eigenvalue weighted by Gasteiger charge is -2.24. The van der Waals surface area contributed by atoms with Crippen LogP contribution in [-0.2, 0) is 31.3 Å². The third kappa shape index (κ3) is 3.80. The molecule has 1 N–H and O–H groups in total. The second kappa shape index (κ2) is 6.69. The van der Waals surface area contributed by atoms with Crippen molar-refractivity contribution in [3.8, 4) is 0 Å². The van der Waals surface area contributed by atoms with Crippen molar-refractivity contribution in [2.45, 2.75) is 65.5 Å². The molecule has 1 aliphatic heterocycles. The third-order valence-corrected chi connectivity index (χ3v) is 5.79. The van der Waals surface area contributed by atoms with E-state index in [0.717, 1.165) is 44.1 Å². The number of nitrogens with one attached hydrogen (secondary N) is 1. The highest BCUT2D eigenvalue weighted by molar-refractivity contribution is 7.11. The summed E-state index contributed by atoms with van der Waals surface area (Å²) in [6.45, 7) is 11.8. The lowest BCUT2D eigenvalue weighted by molar-refractivity contribution is 0.343. The molecule has 1 aliphatic rings. The van der Waals surface area contributed by atoms with Gasteiger partial charge in [0.05, 0.1) is 5.01 Å². The molecule has 0 spiro atoms. The minimum atomic E-state index is 0.146. The molecule has 0 saturated heterocycles. The third-order valence-electron chi connectivity index (χ3n) is 4.36. The Bertz CT molecular complexity index is 639. The summed E-state index contributed by atoms with van der Waals surface area (Å²) in [7, 11) is 0. The monoisotopic (exact) mass is 333 g/mol. The molecule has 0 aromatic carbocycles. The van der Waals surface area contributed by atoms with Crippen LogP contribution in [0.3, 0.4) is 0 Å². The minimum Gasteiger partial charge on any atom is -0.315 e. The molecule has 0 fully saturated rings. The number of hydrogen-bond donors (Lipinski definition) is 1. The average Bonchev–Trinajstić information content (AvgIpc) is 3.13. The fraction of sp³-hybridized carbons (Fsp3) is 0.706. The zero-order chi connectivity index (χ0) is 16.4. The van der Waals surface area contributed by atoms with E-state index in [0.29, 0.717) is 5.92 Å². The van der Waals surface area contributed by atoms with Gasteiger partial charge in [-0.05, 0) is 12.3 Å². The Morgan fingerprint density at radius 1 is 1.35 bits per heavy atom. The van der Waals surface area contributed by atoms with Crippen LogP contribution in [0.25, 0.3) is 0 Å². The van der Waals surface area contributed by atoms with Crippen molar-refractivity contribution in [3.63, 3.8) is 0 Å². The minimum absolute atomic E-state index is 0.146. The van der Waals surface area contributed by atoms with E-state index in [-0.39, 0.29) is 5.41 Å². The maximum Gasteiger partial charge on any atom is 0.133 e. The predicted octanol–water partition coefficient (Wildman–Crippen LogP) is 2.95. The quantitative estimate of drug-likeness (QED) is 0.914. The van der Waals surface area contributed by atoms with Crippen LogP contribution in [0, 0.1) is 5.92 Å². The molecule has 6 heteroatoms. The van der Waals surface area contributed by atoms with Crippen LogP contribution in [0.5, 0.6) is 0 Å². The van der Waals surface area contributed by atoms with E-state index >= 15 is 0 Å². The van der Waals surface area contributed by atoms with Crippen molar-refractivity contribution >= 4 is 11.3 Å². The van der Waals surface area contributed by atoms with E-state index in [4.69, 9.17) is 0 Å². The maximum absolute atomic E-state index is 4.56. The van der Waals surface area contributed by atoms with E-state index in [1.165, 1.54) is 16.3 Å². The first-order chi connectivity index (χ1) is 11.0. The number of thiazole rings is 1. The molecule has 23 heavy (non-hydrogen) atoms. The van der Waals surface area contributed by atoms with E-state index < -0.39 is 0 Å². The highest BCUT2D eigenvalue weighted by Gasteiger charge is 2.22. The van der Waals surface area contributed by atoms with Gasteiger partial charge in [0.25, 0.3) is 0 Å². The maximum atomic E-state index is 4.56. The zero-order valence-electron chi connectivity index (χ0n) is 14.6. The molecule has 0 amide bonds. The number of aryl methyl sites for hydroxylation is 2. The SMILES string of the molecule is CCc1nnc2n1CC(CNCc1cnc(C(C)(C)C)s1)CC2. The Hall–Kier alpha value is -1.27. The summed E-state index contributed by atoms with van der Waals surface area (Å²) in [5, 5.41) is 13.4. The van der Waals surface area contributed by atoms with Gasteiger partial charge in [-0.25, -0.2) is 4.98 Å². The Morgan fingerprint density at radius 2 is 2.17 bits per heavy atom. The first-order valence-electron chi connectivity index (χ1n) is 8.54. The Balaban J connectivity index is 1.51. The van der Waals surface area contributed by atoms with Crippen LogP contribution in [0.15, 0.2) is 6.20 Å². The highest BCUT2D eigenvalue weighted by atomic mass is 32.1. The number of nitrogens with zero attached hydrogens (tertiary/aromatic N) is 4. The molecule has 1 unspecified atom stereocenters. The van der Waals surface area contributed by atoms with Gasteiger partial charge in [0.1, 0.15) is 11.6 Å². The second-order valence-electron chi connectivity index (χ2n) is 7.41. The van der Waals surface area contributed by atoms with Crippen LogP contribution < -0.4 is 5.32 Å². The van der Waals surface area contributed by atoms with Gasteiger partial charge in [-0.15, -0.1) is 21.5 Å². The van der Waals surface area contributed by atoms with Gasteiger partial charge in [0.15, 0.2) is 0 Å². The molecule has 2 aromatic heterocycles. The van der Waals surface area contributed by atoms with Gasteiger partial charge in [-0.3, -0.25) is 0 Å². The fourth-order valence-electron chi connectivity index (χ4n) is 3.01. The highest BCUT2D eigenvalue weighted by Crippen LogP contribution is 2.26. The summed E-state index contributed by atoms with van der Waals surface area (Å²) in [6, 6.07) is 0. The molecule has 0 saturated carbocycles. The standard InChI is InChI=1S/C17H27N5S/c1-5-14-20-21-15-7-6-12(11-22(14)15)8-18-9-13-10-19-16(23-13)17(2,3)4/h10,12,18H,5-9,11H2,1-4H3. The molecule has 0 radical (unpaired) electrons. The Labute approximate surface area is 142 Å². The van der Waals surface area contributed by atoms with Crippen molar-refractivity contribution in [1.82, 2.24) is 25.1 Å². The lowest BCUT2D eigenvalue weighted by Crippen LogP contribution is -2.30. The second-order valence-corrected chi connectivity index (χ2v) is 8.53. The van der Waals surface area contributed by atoms with Gasteiger partial charge in [-0.2, -0.15) is 0 Å². The van der Waals surface area contributed by atoms with Gasteiger partial charge in [-0.1, -0.05) is 27.7 Å². The summed E-state index contributed by atoms with van der Waals surface area (Å²) in [5.41, 5.74) is 0.146. The largest absolute Gasteiger partial charge is 0.315 e. The van der Waals surface area contributed by atoms with Crippen LogP contribution in [-0.4, -0.2) is 26.3 Å². The van der Waals surface area contributed by atoms with E-state index in [2.05, 4.69) is 52.8 Å². The summed E-state index contributed by atoms with van der Waals surface area (Å²) in [5.74, 6) is 2.95. The molecule has 0 bridgehead atoms. The molecular weight excluding hydrogens is 306 g/mol. The summed E-state index contributed by atoms with van der Waals surface area (Å²) < 4.78 is 2.32. The zero-order valence-corrected chi connectivity index (χ0v) is 15.4. The normalized spacial score (nSPS) is 18.2. The number of fused-ring (bicyclic) bond motifs is 1. The van der Waals surface area contributed by atoms with Gasteiger partial charge in [0.2, 0.25) is 0 Å². The molecule has 5 nitrogen and oxygen atoms in total. The van der Waals surface area contributed by atoms with Gasteiger partial charge >= 0.3 is 0 Å². The first kappa shape index (κ1) is 16.6. The van der Waals surface area contributed by atoms with Crippen molar-refractivity contribution < 1.29 is 0 Å².